The molecule has 4 heteroatoms. The van der Waals surface area contributed by atoms with E-state index in [2.05, 4.69) is 46.9 Å². The van der Waals surface area contributed by atoms with Crippen LogP contribution in [0.5, 0.6) is 0 Å². The minimum Gasteiger partial charge on any atom is -0.306 e. The second-order valence-electron chi connectivity index (χ2n) is 4.61. The van der Waals surface area contributed by atoms with Gasteiger partial charge in [-0.25, -0.2) is 4.98 Å². The van der Waals surface area contributed by atoms with Crippen LogP contribution in [0.2, 0.25) is 0 Å². The quantitative estimate of drug-likeness (QED) is 0.752. The van der Waals surface area contributed by atoms with E-state index in [0.29, 0.717) is 0 Å². The van der Waals surface area contributed by atoms with Crippen molar-refractivity contribution >= 4 is 22.7 Å². The Hall–Kier alpha value is -1.49. The van der Waals surface area contributed by atoms with Crippen molar-refractivity contribution in [2.75, 3.05) is 0 Å². The third kappa shape index (κ3) is 3.33. The maximum absolute atomic E-state index is 4.68. The number of rotatable bonds is 5. The van der Waals surface area contributed by atoms with Crippen LogP contribution in [-0.4, -0.2) is 4.98 Å². The van der Waals surface area contributed by atoms with Gasteiger partial charge in [-0.3, -0.25) is 0 Å². The van der Waals surface area contributed by atoms with Crippen molar-refractivity contribution in [1.29, 1.82) is 0 Å². The van der Waals surface area contributed by atoms with E-state index < -0.39 is 0 Å². The van der Waals surface area contributed by atoms with E-state index in [1.165, 1.54) is 15.3 Å². The molecule has 0 saturated heterocycles. The van der Waals surface area contributed by atoms with Crippen molar-refractivity contribution in [2.24, 2.45) is 0 Å². The average Bonchev–Trinajstić information content (AvgIpc) is 3.09. The number of thiophene rings is 1. The minimum atomic E-state index is 0.828. The predicted octanol–water partition coefficient (Wildman–Crippen LogP) is 4.47. The molecule has 102 valence electrons. The van der Waals surface area contributed by atoms with Gasteiger partial charge in [0.15, 0.2) is 0 Å². The normalized spacial score (nSPS) is 10.8. The lowest BCUT2D eigenvalue weighted by atomic mass is 10.2. The van der Waals surface area contributed by atoms with Crippen LogP contribution in [0, 0.1) is 6.92 Å². The van der Waals surface area contributed by atoms with Crippen molar-refractivity contribution in [3.05, 3.63) is 62.6 Å². The molecule has 0 saturated carbocycles. The van der Waals surface area contributed by atoms with Crippen molar-refractivity contribution in [3.63, 3.8) is 0 Å². The lowest BCUT2D eigenvalue weighted by molar-refractivity contribution is 0.697. The third-order valence-corrected chi connectivity index (χ3v) is 4.84. The lowest BCUT2D eigenvalue weighted by Gasteiger charge is -1.99. The molecule has 3 aromatic rings. The molecule has 0 atom stereocenters. The van der Waals surface area contributed by atoms with Crippen LogP contribution in [0.1, 0.15) is 14.8 Å². The number of benzene rings is 1. The zero-order valence-corrected chi connectivity index (χ0v) is 12.9. The van der Waals surface area contributed by atoms with Gasteiger partial charge in [0.1, 0.15) is 5.01 Å². The summed E-state index contributed by atoms with van der Waals surface area (Å²) in [6.45, 7) is 3.88. The first-order chi connectivity index (χ1) is 9.81. The van der Waals surface area contributed by atoms with Gasteiger partial charge in [-0.05, 0) is 19.1 Å². The fourth-order valence-electron chi connectivity index (χ4n) is 2.01. The summed E-state index contributed by atoms with van der Waals surface area (Å²) in [4.78, 5) is 7.42. The largest absolute Gasteiger partial charge is 0.306 e. The van der Waals surface area contributed by atoms with Gasteiger partial charge in [-0.2, -0.15) is 0 Å². The summed E-state index contributed by atoms with van der Waals surface area (Å²) in [5.74, 6) is 0. The maximum Gasteiger partial charge on any atom is 0.107 e. The molecule has 2 nitrogen and oxygen atoms in total. The number of thiazole rings is 1. The van der Waals surface area contributed by atoms with Crippen LogP contribution in [0.3, 0.4) is 0 Å². The van der Waals surface area contributed by atoms with Crippen LogP contribution in [-0.2, 0) is 13.1 Å². The monoisotopic (exact) mass is 300 g/mol. The molecule has 0 bridgehead atoms. The Labute approximate surface area is 127 Å². The summed E-state index contributed by atoms with van der Waals surface area (Å²) >= 11 is 3.56. The summed E-state index contributed by atoms with van der Waals surface area (Å²) in [6.07, 6.45) is 0. The van der Waals surface area contributed by atoms with E-state index in [0.717, 1.165) is 23.8 Å². The summed E-state index contributed by atoms with van der Waals surface area (Å²) in [6, 6.07) is 14.7. The number of nitrogens with zero attached hydrogens (tertiary/aromatic N) is 1. The Balaban J connectivity index is 1.58. The number of aromatic nitrogens is 1. The molecule has 0 radical (unpaired) electrons. The molecule has 20 heavy (non-hydrogen) atoms. The molecular weight excluding hydrogens is 284 g/mol. The highest BCUT2D eigenvalue weighted by atomic mass is 32.1. The fourth-order valence-corrected chi connectivity index (χ4v) is 3.64. The van der Waals surface area contributed by atoms with Crippen molar-refractivity contribution < 1.29 is 0 Å². The molecule has 1 N–H and O–H groups in total. The van der Waals surface area contributed by atoms with Gasteiger partial charge in [-0.15, -0.1) is 22.7 Å². The van der Waals surface area contributed by atoms with E-state index in [4.69, 9.17) is 0 Å². The zero-order valence-electron chi connectivity index (χ0n) is 11.3. The van der Waals surface area contributed by atoms with E-state index in [-0.39, 0.29) is 0 Å². The number of aryl methyl sites for hydroxylation is 1. The summed E-state index contributed by atoms with van der Waals surface area (Å²) in [5, 5.41) is 6.72. The topological polar surface area (TPSA) is 24.9 Å². The van der Waals surface area contributed by atoms with Gasteiger partial charge in [0.05, 0.1) is 5.69 Å². The molecule has 0 aliphatic heterocycles. The van der Waals surface area contributed by atoms with E-state index in [1.54, 1.807) is 11.3 Å². The Bertz CT molecular complexity index is 671. The highest BCUT2D eigenvalue weighted by Gasteiger charge is 2.04. The second-order valence-corrected chi connectivity index (χ2v) is 6.92. The van der Waals surface area contributed by atoms with Gasteiger partial charge in [0, 0.05) is 33.8 Å². The van der Waals surface area contributed by atoms with E-state index >= 15 is 0 Å². The molecule has 3 rings (SSSR count). The van der Waals surface area contributed by atoms with Gasteiger partial charge in [0.25, 0.3) is 0 Å². The SMILES string of the molecule is Cc1ccc(CNCc2nc(-c3ccccc3)cs2)s1. The molecule has 2 heterocycles. The first-order valence-electron chi connectivity index (χ1n) is 6.57. The second kappa shape index (κ2) is 6.31. The van der Waals surface area contributed by atoms with Crippen LogP contribution >= 0.6 is 22.7 Å². The zero-order chi connectivity index (χ0) is 13.8. The Morgan fingerprint density at radius 2 is 1.90 bits per heavy atom. The minimum absolute atomic E-state index is 0.828. The van der Waals surface area contributed by atoms with Crippen LogP contribution < -0.4 is 5.32 Å². The van der Waals surface area contributed by atoms with Crippen molar-refractivity contribution in [3.8, 4) is 11.3 Å². The van der Waals surface area contributed by atoms with Crippen LogP contribution in [0.15, 0.2) is 47.8 Å². The van der Waals surface area contributed by atoms with Gasteiger partial charge < -0.3 is 5.32 Å². The first kappa shape index (κ1) is 13.5. The highest BCUT2D eigenvalue weighted by molar-refractivity contribution is 7.11. The number of nitrogens with one attached hydrogen (secondary N) is 1. The fraction of sp³-hybridized carbons (Fsp3) is 0.188. The Kier molecular flexibility index (Phi) is 4.25. The molecule has 0 amide bonds. The standard InChI is InChI=1S/C16H16N2S2/c1-12-7-8-14(20-12)9-17-10-16-18-15(11-19-16)13-5-3-2-4-6-13/h2-8,11,17H,9-10H2,1H3. The van der Waals surface area contributed by atoms with E-state index in [9.17, 15) is 0 Å². The smallest absolute Gasteiger partial charge is 0.107 e. The molecule has 0 spiro atoms. The molecule has 2 aromatic heterocycles. The molecule has 0 aliphatic rings. The molecule has 0 aliphatic carbocycles. The molecule has 1 aromatic carbocycles. The maximum atomic E-state index is 4.68. The van der Waals surface area contributed by atoms with Gasteiger partial charge in [0.2, 0.25) is 0 Å². The van der Waals surface area contributed by atoms with Crippen LogP contribution in [0.25, 0.3) is 11.3 Å². The summed E-state index contributed by atoms with van der Waals surface area (Å²) in [7, 11) is 0. The van der Waals surface area contributed by atoms with Crippen molar-refractivity contribution in [1.82, 2.24) is 10.3 Å². The predicted molar refractivity (Wildman–Crippen MR) is 87.1 cm³/mol. The number of hydrogen-bond acceptors (Lipinski definition) is 4. The summed E-state index contributed by atoms with van der Waals surface area (Å²) in [5.41, 5.74) is 2.25. The molecule has 0 fully saturated rings. The Morgan fingerprint density at radius 1 is 1.05 bits per heavy atom. The lowest BCUT2D eigenvalue weighted by Crippen LogP contribution is -2.11. The van der Waals surface area contributed by atoms with Crippen molar-refractivity contribution in [2.45, 2.75) is 20.0 Å². The molecular formula is C16H16N2S2. The van der Waals surface area contributed by atoms with Crippen LogP contribution in [0.4, 0.5) is 0 Å². The van der Waals surface area contributed by atoms with Gasteiger partial charge >= 0.3 is 0 Å². The average molecular weight is 300 g/mol. The first-order valence-corrected chi connectivity index (χ1v) is 8.27. The third-order valence-electron chi connectivity index (χ3n) is 2.99. The summed E-state index contributed by atoms with van der Waals surface area (Å²) < 4.78 is 0. The van der Waals surface area contributed by atoms with E-state index in [1.807, 2.05) is 29.5 Å². The number of hydrogen-bond donors (Lipinski definition) is 1. The van der Waals surface area contributed by atoms with Gasteiger partial charge in [-0.1, -0.05) is 30.3 Å². The molecule has 0 unspecified atom stereocenters. The highest BCUT2D eigenvalue weighted by Crippen LogP contribution is 2.21. The Morgan fingerprint density at radius 3 is 2.65 bits per heavy atom.